The zero-order chi connectivity index (χ0) is 14.7. The molecule has 0 aliphatic rings. The lowest BCUT2D eigenvalue weighted by molar-refractivity contribution is 0.0985. The number of aromatic hydroxyl groups is 1. The molecule has 0 atom stereocenters. The predicted molar refractivity (Wildman–Crippen MR) is 76.6 cm³/mol. The second-order valence-electron chi connectivity index (χ2n) is 4.55. The quantitative estimate of drug-likeness (QED) is 0.929. The molecule has 0 fully saturated rings. The Morgan fingerprint density at radius 3 is 2.40 bits per heavy atom. The van der Waals surface area contributed by atoms with E-state index in [2.05, 4.69) is 0 Å². The number of nitrogens with zero attached hydrogens (tertiary/aromatic N) is 1. The third-order valence-corrected chi connectivity index (χ3v) is 3.08. The maximum Gasteiger partial charge on any atom is 0.262 e. The molecule has 104 valence electrons. The minimum absolute atomic E-state index is 0.0458. The van der Waals surface area contributed by atoms with Crippen molar-refractivity contribution in [1.82, 2.24) is 0 Å². The van der Waals surface area contributed by atoms with Gasteiger partial charge in [0.25, 0.3) is 5.91 Å². The Hall–Kier alpha value is -2.36. The summed E-state index contributed by atoms with van der Waals surface area (Å²) in [6, 6.07) is 10.6. The zero-order valence-corrected chi connectivity index (χ0v) is 11.4. The molecule has 0 heterocycles. The normalized spacial score (nSPS) is 10.3. The molecule has 2 rings (SSSR count). The fraction of sp³-hybridized carbons (Fsp3) is 0.188. The maximum absolute atomic E-state index is 12.9. The first-order valence-electron chi connectivity index (χ1n) is 6.40. The second kappa shape index (κ2) is 5.74. The van der Waals surface area contributed by atoms with Crippen LogP contribution in [0.4, 0.5) is 10.1 Å². The van der Waals surface area contributed by atoms with E-state index in [1.54, 1.807) is 30.3 Å². The van der Waals surface area contributed by atoms with Crippen molar-refractivity contribution < 1.29 is 14.3 Å². The van der Waals surface area contributed by atoms with Crippen molar-refractivity contribution in [3.8, 4) is 5.75 Å². The van der Waals surface area contributed by atoms with Crippen molar-refractivity contribution in [3.05, 3.63) is 59.4 Å². The van der Waals surface area contributed by atoms with Crippen LogP contribution in [0.15, 0.2) is 42.5 Å². The van der Waals surface area contributed by atoms with E-state index < -0.39 is 0 Å². The first-order chi connectivity index (χ1) is 9.52. The molecule has 2 aromatic rings. The molecule has 0 aliphatic carbocycles. The molecule has 4 heteroatoms. The van der Waals surface area contributed by atoms with Gasteiger partial charge in [0.1, 0.15) is 11.6 Å². The number of benzene rings is 2. The Labute approximate surface area is 117 Å². The molecular weight excluding hydrogens is 257 g/mol. The predicted octanol–water partition coefficient (Wildman–Crippen LogP) is 3.51. The van der Waals surface area contributed by atoms with Crippen LogP contribution in [0.5, 0.6) is 5.75 Å². The molecule has 20 heavy (non-hydrogen) atoms. The number of phenolic OH excluding ortho intramolecular Hbond substituents is 1. The Kier molecular flexibility index (Phi) is 4.03. The number of carbonyl (C=O) groups excluding carboxylic acids is 1. The molecule has 1 N–H and O–H groups in total. The summed E-state index contributed by atoms with van der Waals surface area (Å²) >= 11 is 0. The van der Waals surface area contributed by atoms with Gasteiger partial charge in [-0.25, -0.2) is 4.39 Å². The van der Waals surface area contributed by atoms with Gasteiger partial charge in [-0.2, -0.15) is 0 Å². The van der Waals surface area contributed by atoms with Crippen LogP contribution in [0.25, 0.3) is 0 Å². The molecule has 0 spiro atoms. The number of anilines is 1. The van der Waals surface area contributed by atoms with Crippen LogP contribution in [-0.4, -0.2) is 17.6 Å². The molecule has 0 radical (unpaired) electrons. The molecule has 3 nitrogen and oxygen atoms in total. The monoisotopic (exact) mass is 273 g/mol. The van der Waals surface area contributed by atoms with Gasteiger partial charge in [-0.1, -0.05) is 6.07 Å². The molecular formula is C16H16FNO2. The summed E-state index contributed by atoms with van der Waals surface area (Å²) in [7, 11) is 0. The molecule has 0 saturated carbocycles. The fourth-order valence-electron chi connectivity index (χ4n) is 2.03. The van der Waals surface area contributed by atoms with Crippen LogP contribution in [0.1, 0.15) is 22.8 Å². The van der Waals surface area contributed by atoms with E-state index in [9.17, 15) is 14.3 Å². The molecule has 0 aromatic heterocycles. The molecule has 0 unspecified atom stereocenters. The highest BCUT2D eigenvalue weighted by atomic mass is 19.1. The van der Waals surface area contributed by atoms with Crippen LogP contribution >= 0.6 is 0 Å². The van der Waals surface area contributed by atoms with E-state index in [0.717, 1.165) is 5.56 Å². The number of rotatable bonds is 3. The zero-order valence-electron chi connectivity index (χ0n) is 11.4. The highest BCUT2D eigenvalue weighted by molar-refractivity contribution is 6.07. The van der Waals surface area contributed by atoms with Crippen LogP contribution < -0.4 is 4.90 Å². The van der Waals surface area contributed by atoms with Crippen LogP contribution in [-0.2, 0) is 0 Å². The van der Waals surface area contributed by atoms with E-state index in [4.69, 9.17) is 0 Å². The summed E-state index contributed by atoms with van der Waals surface area (Å²) in [5, 5.41) is 9.89. The first-order valence-corrected chi connectivity index (χ1v) is 6.40. The third kappa shape index (κ3) is 2.79. The van der Waals surface area contributed by atoms with Crippen molar-refractivity contribution >= 4 is 11.6 Å². The van der Waals surface area contributed by atoms with E-state index in [1.165, 1.54) is 17.0 Å². The number of amides is 1. The topological polar surface area (TPSA) is 40.5 Å². The van der Waals surface area contributed by atoms with Crippen molar-refractivity contribution in [1.29, 1.82) is 0 Å². The first kappa shape index (κ1) is 14.1. The summed E-state index contributed by atoms with van der Waals surface area (Å²) in [6.45, 7) is 4.09. The second-order valence-corrected chi connectivity index (χ2v) is 4.55. The molecule has 0 bridgehead atoms. The van der Waals surface area contributed by atoms with E-state index in [0.29, 0.717) is 12.2 Å². The number of carbonyl (C=O) groups is 1. The standard InChI is InChI=1S/C16H16FNO2/c1-3-18(13-7-5-12(17)6-8-13)16(20)14-9-4-11(2)10-15(14)19/h4-10,19H,3H2,1-2H3. The fourth-order valence-corrected chi connectivity index (χ4v) is 2.03. The summed E-state index contributed by atoms with van der Waals surface area (Å²) < 4.78 is 12.9. The highest BCUT2D eigenvalue weighted by Crippen LogP contribution is 2.23. The van der Waals surface area contributed by atoms with Gasteiger partial charge >= 0.3 is 0 Å². The average Bonchev–Trinajstić information content (AvgIpc) is 2.41. The Morgan fingerprint density at radius 2 is 1.85 bits per heavy atom. The minimum atomic E-state index is -0.351. The van der Waals surface area contributed by atoms with Gasteiger partial charge < -0.3 is 10.0 Å². The largest absolute Gasteiger partial charge is 0.507 e. The SMILES string of the molecule is CCN(C(=O)c1ccc(C)cc1O)c1ccc(F)cc1. The Balaban J connectivity index is 2.36. The van der Waals surface area contributed by atoms with E-state index in [-0.39, 0.29) is 23.0 Å². The number of phenols is 1. The molecule has 1 amide bonds. The van der Waals surface area contributed by atoms with E-state index in [1.807, 2.05) is 13.8 Å². The summed E-state index contributed by atoms with van der Waals surface area (Å²) in [5.41, 5.74) is 1.71. The maximum atomic E-state index is 12.9. The van der Waals surface area contributed by atoms with Crippen LogP contribution in [0.3, 0.4) is 0 Å². The number of hydrogen-bond donors (Lipinski definition) is 1. The molecule has 0 aliphatic heterocycles. The number of aryl methyl sites for hydroxylation is 1. The van der Waals surface area contributed by atoms with Crippen LogP contribution in [0, 0.1) is 12.7 Å². The summed E-state index contributed by atoms with van der Waals surface area (Å²) in [4.78, 5) is 14.0. The average molecular weight is 273 g/mol. The molecule has 2 aromatic carbocycles. The van der Waals surface area contributed by atoms with Crippen molar-refractivity contribution in [2.24, 2.45) is 0 Å². The van der Waals surface area contributed by atoms with Gasteiger partial charge in [0.05, 0.1) is 5.56 Å². The van der Waals surface area contributed by atoms with Gasteiger partial charge in [0, 0.05) is 12.2 Å². The Bertz CT molecular complexity index is 623. The summed E-state index contributed by atoms with van der Waals surface area (Å²) in [5.74, 6) is -0.706. The lowest BCUT2D eigenvalue weighted by Gasteiger charge is -2.21. The van der Waals surface area contributed by atoms with E-state index >= 15 is 0 Å². The lowest BCUT2D eigenvalue weighted by Crippen LogP contribution is -2.30. The van der Waals surface area contributed by atoms with Crippen molar-refractivity contribution in [2.75, 3.05) is 11.4 Å². The highest BCUT2D eigenvalue weighted by Gasteiger charge is 2.19. The van der Waals surface area contributed by atoms with Crippen LogP contribution in [0.2, 0.25) is 0 Å². The van der Waals surface area contributed by atoms with Gasteiger partial charge in [-0.05, 0) is 55.8 Å². The summed E-state index contributed by atoms with van der Waals surface area (Å²) in [6.07, 6.45) is 0. The molecule has 0 saturated heterocycles. The smallest absolute Gasteiger partial charge is 0.262 e. The van der Waals surface area contributed by atoms with Gasteiger partial charge in [0.2, 0.25) is 0 Å². The number of hydrogen-bond acceptors (Lipinski definition) is 2. The van der Waals surface area contributed by atoms with Gasteiger partial charge in [-0.15, -0.1) is 0 Å². The lowest BCUT2D eigenvalue weighted by atomic mass is 10.1. The minimum Gasteiger partial charge on any atom is -0.507 e. The van der Waals surface area contributed by atoms with Gasteiger partial charge in [0.15, 0.2) is 0 Å². The van der Waals surface area contributed by atoms with Crippen molar-refractivity contribution in [2.45, 2.75) is 13.8 Å². The third-order valence-electron chi connectivity index (χ3n) is 3.08. The van der Waals surface area contributed by atoms with Gasteiger partial charge in [-0.3, -0.25) is 4.79 Å². The Morgan fingerprint density at radius 1 is 1.20 bits per heavy atom. The van der Waals surface area contributed by atoms with Crippen molar-refractivity contribution in [3.63, 3.8) is 0 Å². The number of halogens is 1.